The summed E-state index contributed by atoms with van der Waals surface area (Å²) in [5.74, 6) is 4.01. The molecular weight excluding hydrogens is 823 g/mol. The highest BCUT2D eigenvalue weighted by atomic mass is 19.4. The van der Waals surface area contributed by atoms with Gasteiger partial charge in [-0.05, 0) is 89.9 Å². The molecule has 0 saturated carbocycles. The minimum atomic E-state index is -4.38. The van der Waals surface area contributed by atoms with E-state index in [0.29, 0.717) is 88.5 Å². The molecule has 8 heterocycles. The Morgan fingerprint density at radius 1 is 0.516 bits per heavy atom. The van der Waals surface area contributed by atoms with E-state index in [9.17, 15) is 26.3 Å². The first-order valence-electron chi connectivity index (χ1n) is 19.6. The maximum atomic E-state index is 12.7. The van der Waals surface area contributed by atoms with Crippen molar-refractivity contribution in [3.05, 3.63) is 93.1 Å². The van der Waals surface area contributed by atoms with Crippen molar-refractivity contribution < 1.29 is 26.3 Å². The zero-order valence-corrected chi connectivity index (χ0v) is 34.9. The molecule has 0 unspecified atom stereocenters. The van der Waals surface area contributed by atoms with Crippen molar-refractivity contribution in [1.82, 2.24) is 70.8 Å². The predicted molar refractivity (Wildman–Crippen MR) is 214 cm³/mol. The fourth-order valence-electron chi connectivity index (χ4n) is 7.09. The molecule has 2 aliphatic rings. The van der Waals surface area contributed by atoms with Crippen LogP contribution in [0.15, 0.2) is 36.7 Å². The standard InChI is InChI=1S/2C19H22F3N9/c1-12-13(2)18(26-24-15(12)10-16-25-28-29(3)27-16)31-8-6-30(7-9-31)17-5-4-14(11-23-17)19(20,21)22;1-12-13(2)18(26-24-15(12)10-17-25-27-28-29(17)3)31-8-6-30(7-9-31)16-5-4-14(11-23-16)19(20,21)22/h2*4-5,11H,6-10H2,1-3H3. The molecule has 2 fully saturated rings. The van der Waals surface area contributed by atoms with Gasteiger partial charge in [-0.3, -0.25) is 0 Å². The van der Waals surface area contributed by atoms with Gasteiger partial charge in [0.15, 0.2) is 23.3 Å². The first-order chi connectivity index (χ1) is 29.5. The SMILES string of the molecule is Cc1c(Cc2nnn(C)n2)nnc(N2CCN(c3ccc(C(F)(F)F)cn3)CC2)c1C.Cc1c(Cc2nnnn2C)nnc(N2CCN(c3ccc(C(F)(F)F)cn3)CC2)c1C. The number of piperazine rings is 2. The Morgan fingerprint density at radius 2 is 0.968 bits per heavy atom. The van der Waals surface area contributed by atoms with Crippen LogP contribution in [0, 0.1) is 27.7 Å². The summed E-state index contributed by atoms with van der Waals surface area (Å²) in [4.78, 5) is 17.6. The Hall–Kier alpha value is -6.62. The molecule has 0 aliphatic carbocycles. The third-order valence-corrected chi connectivity index (χ3v) is 11.1. The summed E-state index contributed by atoms with van der Waals surface area (Å²) in [5, 5.41) is 41.2. The largest absolute Gasteiger partial charge is 0.417 e. The van der Waals surface area contributed by atoms with Gasteiger partial charge in [-0.2, -0.15) is 41.3 Å². The van der Waals surface area contributed by atoms with Crippen LogP contribution < -0.4 is 19.6 Å². The normalized spacial score (nSPS) is 14.9. The summed E-state index contributed by atoms with van der Waals surface area (Å²) in [6.07, 6.45) is -6.04. The molecule has 0 bridgehead atoms. The fraction of sp³-hybridized carbons (Fsp3) is 0.474. The van der Waals surface area contributed by atoms with Crippen LogP contribution in [0.2, 0.25) is 0 Å². The van der Waals surface area contributed by atoms with Crippen molar-refractivity contribution in [2.45, 2.75) is 52.9 Å². The lowest BCUT2D eigenvalue weighted by atomic mass is 10.1. The van der Waals surface area contributed by atoms with Gasteiger partial charge in [0.2, 0.25) is 0 Å². The van der Waals surface area contributed by atoms with Crippen molar-refractivity contribution in [2.24, 2.45) is 14.1 Å². The van der Waals surface area contributed by atoms with Gasteiger partial charge in [-0.25, -0.2) is 14.6 Å². The lowest BCUT2D eigenvalue weighted by Gasteiger charge is -2.36. The second-order valence-corrected chi connectivity index (χ2v) is 15.0. The van der Waals surface area contributed by atoms with Crippen molar-refractivity contribution >= 4 is 23.3 Å². The summed E-state index contributed by atoms with van der Waals surface area (Å²) in [7, 11) is 3.49. The number of hydrogen-bond donors (Lipinski definition) is 0. The second kappa shape index (κ2) is 17.8. The number of tetrazole rings is 2. The molecule has 0 radical (unpaired) electrons. The van der Waals surface area contributed by atoms with E-state index in [1.807, 2.05) is 37.5 Å². The number of aromatic nitrogens is 14. The molecule has 0 aromatic carbocycles. The van der Waals surface area contributed by atoms with Crippen molar-refractivity contribution in [3.8, 4) is 0 Å². The third-order valence-electron chi connectivity index (χ3n) is 11.1. The van der Waals surface area contributed by atoms with Gasteiger partial charge in [-0.15, -0.1) is 25.5 Å². The van der Waals surface area contributed by atoms with Gasteiger partial charge in [0.25, 0.3) is 0 Å². The predicted octanol–water partition coefficient (Wildman–Crippen LogP) is 3.90. The zero-order valence-electron chi connectivity index (χ0n) is 34.9. The molecule has 8 rings (SSSR count). The number of nitrogens with zero attached hydrogens (tertiary/aromatic N) is 18. The molecule has 0 spiro atoms. The Kier molecular flexibility index (Phi) is 12.5. The molecule has 62 heavy (non-hydrogen) atoms. The summed E-state index contributed by atoms with van der Waals surface area (Å²) in [6.45, 7) is 13.2. The van der Waals surface area contributed by atoms with Gasteiger partial charge < -0.3 is 19.6 Å². The highest BCUT2D eigenvalue weighted by molar-refractivity contribution is 5.54. The number of pyridine rings is 2. The molecule has 2 aliphatic heterocycles. The monoisotopic (exact) mass is 866 g/mol. The minimum Gasteiger partial charge on any atom is -0.353 e. The first kappa shape index (κ1) is 43.5. The minimum absolute atomic E-state index is 0.459. The highest BCUT2D eigenvalue weighted by Gasteiger charge is 2.32. The molecule has 24 heteroatoms. The molecule has 6 aromatic heterocycles. The van der Waals surface area contributed by atoms with Gasteiger partial charge >= 0.3 is 12.4 Å². The summed E-state index contributed by atoms with van der Waals surface area (Å²) in [5.41, 5.74) is 4.30. The number of hydrogen-bond acceptors (Lipinski definition) is 16. The second-order valence-electron chi connectivity index (χ2n) is 15.0. The van der Waals surface area contributed by atoms with Gasteiger partial charge in [-0.1, -0.05) is 0 Å². The number of rotatable bonds is 8. The lowest BCUT2D eigenvalue weighted by Crippen LogP contribution is -2.47. The average molecular weight is 867 g/mol. The van der Waals surface area contributed by atoms with E-state index in [-0.39, 0.29) is 0 Å². The zero-order chi connectivity index (χ0) is 44.3. The number of halogens is 6. The van der Waals surface area contributed by atoms with E-state index >= 15 is 0 Å². The van der Waals surface area contributed by atoms with Gasteiger partial charge in [0.1, 0.15) is 11.6 Å². The van der Waals surface area contributed by atoms with Crippen LogP contribution >= 0.6 is 0 Å². The summed E-state index contributed by atoms with van der Waals surface area (Å²) < 4.78 is 78.0. The first-order valence-corrected chi connectivity index (χ1v) is 19.6. The van der Waals surface area contributed by atoms with Crippen LogP contribution in [0.1, 0.15) is 56.4 Å². The molecule has 0 N–H and O–H groups in total. The van der Waals surface area contributed by atoms with Crippen LogP contribution in [-0.4, -0.2) is 123 Å². The molecule has 328 valence electrons. The molecule has 6 aromatic rings. The molecule has 0 amide bonds. The molecular formula is C38H44F6N18. The maximum absolute atomic E-state index is 12.7. The van der Waals surface area contributed by atoms with Crippen molar-refractivity contribution in [1.29, 1.82) is 0 Å². The van der Waals surface area contributed by atoms with E-state index in [4.69, 9.17) is 0 Å². The van der Waals surface area contributed by atoms with E-state index < -0.39 is 23.5 Å². The smallest absolute Gasteiger partial charge is 0.353 e. The highest BCUT2D eigenvalue weighted by Crippen LogP contribution is 2.32. The van der Waals surface area contributed by atoms with Crippen LogP contribution in [0.25, 0.3) is 0 Å². The molecule has 0 atom stereocenters. The van der Waals surface area contributed by atoms with Crippen LogP contribution in [0.3, 0.4) is 0 Å². The van der Waals surface area contributed by atoms with Crippen molar-refractivity contribution in [2.75, 3.05) is 72.0 Å². The third kappa shape index (κ3) is 9.78. The van der Waals surface area contributed by atoms with E-state index in [2.05, 4.69) is 71.1 Å². The molecule has 18 nitrogen and oxygen atoms in total. The van der Waals surface area contributed by atoms with Crippen LogP contribution in [0.4, 0.5) is 49.6 Å². The summed E-state index contributed by atoms with van der Waals surface area (Å²) >= 11 is 0. The van der Waals surface area contributed by atoms with E-state index in [1.165, 1.54) is 16.9 Å². The van der Waals surface area contributed by atoms with Crippen molar-refractivity contribution in [3.63, 3.8) is 0 Å². The topological polar surface area (TPSA) is 178 Å². The quantitative estimate of drug-likeness (QED) is 0.201. The van der Waals surface area contributed by atoms with Crippen LogP contribution in [0.5, 0.6) is 0 Å². The Balaban J connectivity index is 0.000000186. The average Bonchev–Trinajstić information content (AvgIpc) is 3.87. The lowest BCUT2D eigenvalue weighted by molar-refractivity contribution is -0.138. The summed E-state index contributed by atoms with van der Waals surface area (Å²) in [6, 6.07) is 4.98. The maximum Gasteiger partial charge on any atom is 0.417 e. The number of aryl methyl sites for hydroxylation is 2. The van der Waals surface area contributed by atoms with Crippen LogP contribution in [-0.2, 0) is 39.3 Å². The van der Waals surface area contributed by atoms with E-state index in [1.54, 1.807) is 18.8 Å². The Bertz CT molecular complexity index is 2450. The van der Waals surface area contributed by atoms with Gasteiger partial charge in [0.05, 0.1) is 42.4 Å². The van der Waals surface area contributed by atoms with E-state index in [0.717, 1.165) is 69.8 Å². The fourth-order valence-corrected chi connectivity index (χ4v) is 7.09. The number of alkyl halides is 6. The Morgan fingerprint density at radius 3 is 1.34 bits per heavy atom. The molecule has 2 saturated heterocycles. The van der Waals surface area contributed by atoms with Gasteiger partial charge in [0, 0.05) is 71.8 Å². The number of anilines is 4. The Labute approximate surface area is 352 Å².